The van der Waals surface area contributed by atoms with Gasteiger partial charge in [-0.3, -0.25) is 10.4 Å². The molecule has 0 unspecified atom stereocenters. The van der Waals surface area contributed by atoms with Crippen molar-refractivity contribution in [1.82, 2.24) is 5.32 Å². The van der Waals surface area contributed by atoms with Crippen LogP contribution in [0.3, 0.4) is 0 Å². The number of piperidine rings is 1. The summed E-state index contributed by atoms with van der Waals surface area (Å²) in [5.74, 6) is -0.681. The molecular weight excluding hydrogens is 289 g/mol. The number of carbonyl (C=O) groups is 2. The Bertz CT molecular complexity index is 501. The third-order valence-corrected chi connectivity index (χ3v) is 2.22. The second kappa shape index (κ2) is 9.84. The molecule has 7 heteroatoms. The van der Waals surface area contributed by atoms with Crippen LogP contribution in [0, 0.1) is 6.42 Å². The van der Waals surface area contributed by atoms with E-state index >= 15 is 0 Å². The maximum absolute atomic E-state index is 10.3. The molecule has 1 fully saturated rings. The quantitative estimate of drug-likeness (QED) is 0.343. The number of hydrogen-bond acceptors (Lipinski definition) is 5. The van der Waals surface area contributed by atoms with Gasteiger partial charge in [0, 0.05) is 6.42 Å². The summed E-state index contributed by atoms with van der Waals surface area (Å²) in [6, 6.07) is 4.14. The van der Waals surface area contributed by atoms with Crippen molar-refractivity contribution in [3.05, 3.63) is 35.7 Å². The Kier molecular flexibility index (Phi) is 9.35. The predicted molar refractivity (Wildman–Crippen MR) is 64.4 cm³/mol. The number of imide groups is 1. The number of carbonyl (C=O) groups excluding carboxylic acids is 4. The molecule has 0 aromatic heterocycles. The normalized spacial score (nSPS) is 12.8. The van der Waals surface area contributed by atoms with Crippen LogP contribution in [0.25, 0.3) is 0 Å². The number of phenols is 1. The van der Waals surface area contributed by atoms with Crippen molar-refractivity contribution in [2.75, 3.05) is 0 Å². The molecule has 0 aliphatic carbocycles. The van der Waals surface area contributed by atoms with E-state index in [0.717, 1.165) is 0 Å². The largest absolute Gasteiger partial charge is 1.00 e. The third-order valence-electron chi connectivity index (χ3n) is 2.22. The molecule has 20 heavy (non-hydrogen) atoms. The fourth-order valence-electron chi connectivity index (χ4n) is 1.32. The number of aromatic hydroxyl groups is 1. The van der Waals surface area contributed by atoms with Crippen molar-refractivity contribution >= 4 is 24.4 Å². The number of amides is 2. The molecule has 1 aromatic carbocycles. The van der Waals surface area contributed by atoms with Gasteiger partial charge in [0.05, 0.1) is 5.91 Å². The van der Waals surface area contributed by atoms with Gasteiger partial charge in [0.2, 0.25) is 5.91 Å². The maximum atomic E-state index is 10.3. The standard InChI is InChI=1S/C8H4O3.C5H6NO2.K/c9-4-6-2-1-3-8(11)7(6)5-10;7-4-2-1-3-5(8)6-4;/h1-3,11H;2H,1,3H2,(H,6,7,8);/q-2;-1;+1. The van der Waals surface area contributed by atoms with Crippen LogP contribution in [0.2, 0.25) is 0 Å². The molecule has 0 radical (unpaired) electrons. The van der Waals surface area contributed by atoms with Crippen molar-refractivity contribution in [1.29, 1.82) is 0 Å². The van der Waals surface area contributed by atoms with Crippen LogP contribution in [-0.4, -0.2) is 29.5 Å². The van der Waals surface area contributed by atoms with Crippen molar-refractivity contribution in [3.8, 4) is 5.75 Å². The van der Waals surface area contributed by atoms with E-state index in [0.29, 0.717) is 12.8 Å². The van der Waals surface area contributed by atoms with Gasteiger partial charge in [0.1, 0.15) is 0 Å². The van der Waals surface area contributed by atoms with E-state index in [9.17, 15) is 19.2 Å². The van der Waals surface area contributed by atoms with E-state index in [-0.39, 0.29) is 80.1 Å². The van der Waals surface area contributed by atoms with E-state index in [1.54, 1.807) is 0 Å². The minimum atomic E-state index is -0.263. The average Bonchev–Trinajstić information content (AvgIpc) is 2.38. The molecule has 100 valence electrons. The summed E-state index contributed by atoms with van der Waals surface area (Å²) in [7, 11) is 0. The molecule has 0 spiro atoms. The molecule has 1 aliphatic rings. The zero-order valence-electron chi connectivity index (χ0n) is 10.8. The molecule has 1 aromatic rings. The van der Waals surface area contributed by atoms with Crippen molar-refractivity contribution in [2.24, 2.45) is 0 Å². The van der Waals surface area contributed by atoms with E-state index in [2.05, 4.69) is 5.32 Å². The van der Waals surface area contributed by atoms with Gasteiger partial charge < -0.3 is 31.2 Å². The van der Waals surface area contributed by atoms with E-state index in [1.165, 1.54) is 37.2 Å². The first-order valence-corrected chi connectivity index (χ1v) is 5.33. The summed E-state index contributed by atoms with van der Waals surface area (Å²) in [6.45, 7) is 0. The van der Waals surface area contributed by atoms with E-state index < -0.39 is 0 Å². The number of benzene rings is 1. The summed E-state index contributed by atoms with van der Waals surface area (Å²) in [5.41, 5.74) is -0.109. The van der Waals surface area contributed by atoms with Gasteiger partial charge in [0.15, 0.2) is 0 Å². The maximum Gasteiger partial charge on any atom is 1.00 e. The molecule has 0 saturated carbocycles. The van der Waals surface area contributed by atoms with Crippen LogP contribution in [0.1, 0.15) is 24.0 Å². The molecule has 1 saturated heterocycles. The second-order valence-electron chi connectivity index (χ2n) is 3.56. The molecule has 2 rings (SSSR count). The van der Waals surface area contributed by atoms with Crippen LogP contribution in [0.4, 0.5) is 0 Å². The van der Waals surface area contributed by atoms with Crippen LogP contribution >= 0.6 is 0 Å². The number of phenolic OH excluding ortho intramolecular Hbond substituents is 1. The smallest absolute Gasteiger partial charge is 0.578 e. The van der Waals surface area contributed by atoms with E-state index in [4.69, 9.17) is 5.11 Å². The van der Waals surface area contributed by atoms with Crippen molar-refractivity contribution < 1.29 is 75.7 Å². The van der Waals surface area contributed by atoms with Gasteiger partial charge in [-0.2, -0.15) is 6.42 Å². The minimum absolute atomic E-state index is 0. The number of nitrogens with one attached hydrogen (secondary N) is 1. The first-order valence-electron chi connectivity index (χ1n) is 5.33. The molecule has 2 N–H and O–H groups in total. The van der Waals surface area contributed by atoms with Crippen LogP contribution in [0.5, 0.6) is 5.75 Å². The van der Waals surface area contributed by atoms with Crippen LogP contribution in [0.15, 0.2) is 18.2 Å². The zero-order chi connectivity index (χ0) is 14.3. The molecule has 0 atom stereocenters. The van der Waals surface area contributed by atoms with Gasteiger partial charge in [-0.15, -0.1) is 12.1 Å². The Morgan fingerprint density at radius 3 is 2.30 bits per heavy atom. The molecular formula is C13H10KNO5-2. The predicted octanol–water partition coefficient (Wildman–Crippen LogP) is -3.06. The molecule has 6 nitrogen and oxygen atoms in total. The zero-order valence-corrected chi connectivity index (χ0v) is 13.9. The average molecular weight is 299 g/mol. The Morgan fingerprint density at radius 2 is 1.90 bits per heavy atom. The summed E-state index contributed by atoms with van der Waals surface area (Å²) in [4.78, 5) is 40.9. The molecule has 1 heterocycles. The SMILES string of the molecule is O=C1[CH-]CCC(=O)N1.O=[C-]c1cccc(O)c1[C-]=O.[K+]. The van der Waals surface area contributed by atoms with Gasteiger partial charge in [-0.1, -0.05) is 0 Å². The van der Waals surface area contributed by atoms with Gasteiger partial charge in [-0.25, -0.2) is 11.6 Å². The van der Waals surface area contributed by atoms with Crippen molar-refractivity contribution in [2.45, 2.75) is 12.8 Å². The fraction of sp³-hybridized carbons (Fsp3) is 0.154. The first-order chi connectivity index (χ1) is 9.08. The Morgan fingerprint density at radius 1 is 1.20 bits per heavy atom. The van der Waals surface area contributed by atoms with Gasteiger partial charge in [0.25, 0.3) is 0 Å². The van der Waals surface area contributed by atoms with Crippen LogP contribution in [-0.2, 0) is 19.2 Å². The monoisotopic (exact) mass is 299 g/mol. The number of rotatable bonds is 2. The Hall–Kier alpha value is -0.994. The van der Waals surface area contributed by atoms with Gasteiger partial charge >= 0.3 is 51.4 Å². The molecule has 0 bridgehead atoms. The third kappa shape index (κ3) is 5.97. The Balaban J connectivity index is 0.000000359. The summed E-state index contributed by atoms with van der Waals surface area (Å²) in [5, 5.41) is 11.1. The summed E-state index contributed by atoms with van der Waals surface area (Å²) in [6.07, 6.45) is 5.48. The first kappa shape index (κ1) is 19.0. The molecule has 1 aliphatic heterocycles. The Labute approximate surface area is 158 Å². The second-order valence-corrected chi connectivity index (χ2v) is 3.56. The summed E-state index contributed by atoms with van der Waals surface area (Å²) >= 11 is 0. The molecule has 2 amide bonds. The minimum Gasteiger partial charge on any atom is -0.578 e. The van der Waals surface area contributed by atoms with Gasteiger partial charge in [-0.05, 0) is 18.3 Å². The van der Waals surface area contributed by atoms with Crippen LogP contribution < -0.4 is 56.7 Å². The number of hydrogen-bond donors (Lipinski definition) is 2. The summed E-state index contributed by atoms with van der Waals surface area (Å²) < 4.78 is 0. The fourth-order valence-corrected chi connectivity index (χ4v) is 1.32. The van der Waals surface area contributed by atoms with Crippen molar-refractivity contribution in [3.63, 3.8) is 0 Å². The van der Waals surface area contributed by atoms with E-state index in [1.807, 2.05) is 0 Å². The topological polar surface area (TPSA) is 101 Å².